The molecule has 5 rings (SSSR count). The number of carbonyl (C=O) groups is 1. The summed E-state index contributed by atoms with van der Waals surface area (Å²) >= 11 is 0. The molecule has 156 valence electrons. The number of urea groups is 1. The molecule has 1 atom stereocenters. The van der Waals surface area contributed by atoms with E-state index in [-0.39, 0.29) is 6.03 Å². The minimum Gasteiger partial charge on any atom is -0.486 e. The molecule has 2 aliphatic heterocycles. The van der Waals surface area contributed by atoms with Crippen LogP contribution in [0.5, 0.6) is 11.5 Å². The van der Waals surface area contributed by atoms with E-state index in [0.29, 0.717) is 42.9 Å². The van der Waals surface area contributed by atoms with Gasteiger partial charge in [0.1, 0.15) is 24.6 Å². The summed E-state index contributed by atoms with van der Waals surface area (Å²) in [5, 5.41) is 3.00. The summed E-state index contributed by atoms with van der Waals surface area (Å²) in [5.41, 5.74) is 2.54. The highest BCUT2D eigenvalue weighted by atomic mass is 16.6. The number of hydrogen-bond acceptors (Lipinski definition) is 5. The number of imidazole rings is 1. The summed E-state index contributed by atoms with van der Waals surface area (Å²) in [5.74, 6) is 2.71. The van der Waals surface area contributed by atoms with Crippen LogP contribution in [0.15, 0.2) is 36.5 Å². The fraction of sp³-hybridized carbons (Fsp3) is 0.409. The number of amides is 2. The molecule has 1 N–H and O–H groups in total. The van der Waals surface area contributed by atoms with Gasteiger partial charge in [-0.15, -0.1) is 0 Å². The molecule has 30 heavy (non-hydrogen) atoms. The van der Waals surface area contributed by atoms with Gasteiger partial charge >= 0.3 is 6.03 Å². The number of likely N-dealkylation sites (tertiary alicyclic amines) is 1. The van der Waals surface area contributed by atoms with Crippen molar-refractivity contribution in [2.45, 2.75) is 26.3 Å². The van der Waals surface area contributed by atoms with Crippen molar-refractivity contribution in [3.63, 3.8) is 0 Å². The van der Waals surface area contributed by atoms with Gasteiger partial charge in [-0.1, -0.05) is 0 Å². The molecule has 2 aromatic heterocycles. The average Bonchev–Trinajstić information content (AvgIpc) is 3.09. The molecule has 1 fully saturated rings. The van der Waals surface area contributed by atoms with E-state index in [0.717, 1.165) is 42.9 Å². The van der Waals surface area contributed by atoms with Gasteiger partial charge in [-0.05, 0) is 49.9 Å². The highest BCUT2D eigenvalue weighted by molar-refractivity contribution is 5.89. The standard InChI is InChI=1S/C22H25N5O3/c1-15-24-18-5-2-8-23-21(18)27(15)14-16-4-3-9-26(13-16)22(28)25-17-6-7-19-20(12-17)30-11-10-29-19/h2,5-8,12,16H,3-4,9-11,13-14H2,1H3,(H,25,28). The molecule has 3 aromatic rings. The largest absolute Gasteiger partial charge is 0.486 e. The van der Waals surface area contributed by atoms with Gasteiger partial charge in [0.15, 0.2) is 17.1 Å². The Morgan fingerprint density at radius 2 is 2.10 bits per heavy atom. The van der Waals surface area contributed by atoms with Crippen molar-refractivity contribution in [2.24, 2.45) is 5.92 Å². The second kappa shape index (κ2) is 7.85. The van der Waals surface area contributed by atoms with Crippen LogP contribution in [-0.4, -0.2) is 51.8 Å². The first kappa shape index (κ1) is 18.7. The summed E-state index contributed by atoms with van der Waals surface area (Å²) in [6, 6.07) is 9.31. The molecule has 0 saturated carbocycles. The van der Waals surface area contributed by atoms with E-state index in [9.17, 15) is 4.79 Å². The lowest BCUT2D eigenvalue weighted by Gasteiger charge is -2.33. The fourth-order valence-corrected chi connectivity index (χ4v) is 4.27. The van der Waals surface area contributed by atoms with Crippen LogP contribution in [0.1, 0.15) is 18.7 Å². The lowest BCUT2D eigenvalue weighted by molar-refractivity contribution is 0.170. The number of piperidine rings is 1. The van der Waals surface area contributed by atoms with E-state index in [2.05, 4.69) is 19.9 Å². The number of hydrogen-bond donors (Lipinski definition) is 1. The van der Waals surface area contributed by atoms with Crippen LogP contribution in [0.3, 0.4) is 0 Å². The summed E-state index contributed by atoms with van der Waals surface area (Å²) in [7, 11) is 0. The Morgan fingerprint density at radius 1 is 1.23 bits per heavy atom. The van der Waals surface area contributed by atoms with Crippen molar-refractivity contribution in [2.75, 3.05) is 31.6 Å². The van der Waals surface area contributed by atoms with Gasteiger partial charge in [0.05, 0.1) is 0 Å². The molecular weight excluding hydrogens is 382 g/mol. The first-order valence-electron chi connectivity index (χ1n) is 10.4. The number of carbonyl (C=O) groups excluding carboxylic acids is 1. The summed E-state index contributed by atoms with van der Waals surface area (Å²) in [6.45, 7) is 5.37. The SMILES string of the molecule is Cc1nc2cccnc2n1CC1CCCN(C(=O)Nc2ccc3c(c2)OCCO3)C1. The third-order valence-corrected chi connectivity index (χ3v) is 5.74. The lowest BCUT2D eigenvalue weighted by atomic mass is 9.98. The number of nitrogens with zero attached hydrogens (tertiary/aromatic N) is 4. The van der Waals surface area contributed by atoms with E-state index in [1.54, 1.807) is 6.20 Å². The third-order valence-electron chi connectivity index (χ3n) is 5.74. The molecule has 1 unspecified atom stereocenters. The van der Waals surface area contributed by atoms with Crippen molar-refractivity contribution in [1.82, 2.24) is 19.4 Å². The molecule has 0 bridgehead atoms. The van der Waals surface area contributed by atoms with Crippen molar-refractivity contribution < 1.29 is 14.3 Å². The van der Waals surface area contributed by atoms with Crippen LogP contribution < -0.4 is 14.8 Å². The van der Waals surface area contributed by atoms with E-state index in [1.165, 1.54) is 0 Å². The zero-order valence-electron chi connectivity index (χ0n) is 17.0. The number of nitrogens with one attached hydrogen (secondary N) is 1. The molecule has 8 nitrogen and oxygen atoms in total. The van der Waals surface area contributed by atoms with Gasteiger partial charge in [0.25, 0.3) is 0 Å². The Bertz CT molecular complexity index is 1080. The minimum absolute atomic E-state index is 0.0817. The van der Waals surface area contributed by atoms with Crippen LogP contribution in [0.2, 0.25) is 0 Å². The van der Waals surface area contributed by atoms with Crippen LogP contribution in [-0.2, 0) is 6.54 Å². The molecule has 1 aromatic carbocycles. The topological polar surface area (TPSA) is 81.5 Å². The van der Waals surface area contributed by atoms with Crippen molar-refractivity contribution >= 4 is 22.9 Å². The van der Waals surface area contributed by atoms with Crippen molar-refractivity contribution in [3.8, 4) is 11.5 Å². The summed E-state index contributed by atoms with van der Waals surface area (Å²) < 4.78 is 13.3. The number of rotatable bonds is 3. The van der Waals surface area contributed by atoms with E-state index in [1.807, 2.05) is 42.2 Å². The van der Waals surface area contributed by atoms with E-state index >= 15 is 0 Å². The molecule has 1 saturated heterocycles. The maximum atomic E-state index is 12.9. The van der Waals surface area contributed by atoms with Gasteiger partial charge in [0.2, 0.25) is 0 Å². The van der Waals surface area contributed by atoms with Gasteiger partial charge in [-0.25, -0.2) is 14.8 Å². The predicted octanol–water partition coefficient (Wildman–Crippen LogP) is 3.46. The number of pyridine rings is 1. The number of anilines is 1. The monoisotopic (exact) mass is 407 g/mol. The zero-order chi connectivity index (χ0) is 20.5. The molecule has 2 aliphatic rings. The highest BCUT2D eigenvalue weighted by Gasteiger charge is 2.25. The Balaban J connectivity index is 1.26. The van der Waals surface area contributed by atoms with Crippen molar-refractivity contribution in [1.29, 1.82) is 0 Å². The molecular formula is C22H25N5O3. The fourth-order valence-electron chi connectivity index (χ4n) is 4.27. The number of aryl methyl sites for hydroxylation is 1. The first-order chi connectivity index (χ1) is 14.7. The molecule has 0 aliphatic carbocycles. The number of benzene rings is 1. The van der Waals surface area contributed by atoms with Crippen LogP contribution in [0.4, 0.5) is 10.5 Å². The Kier molecular flexibility index (Phi) is 4.90. The molecule has 4 heterocycles. The number of ether oxygens (including phenoxy) is 2. The van der Waals surface area contributed by atoms with Crippen molar-refractivity contribution in [3.05, 3.63) is 42.4 Å². The molecule has 0 spiro atoms. The highest BCUT2D eigenvalue weighted by Crippen LogP contribution is 2.33. The summed E-state index contributed by atoms with van der Waals surface area (Å²) in [6.07, 6.45) is 3.87. The van der Waals surface area contributed by atoms with Gasteiger partial charge in [-0.3, -0.25) is 0 Å². The predicted molar refractivity (Wildman–Crippen MR) is 113 cm³/mol. The quantitative estimate of drug-likeness (QED) is 0.719. The Morgan fingerprint density at radius 3 is 3.00 bits per heavy atom. The average molecular weight is 407 g/mol. The normalized spacial score (nSPS) is 18.4. The second-order valence-corrected chi connectivity index (χ2v) is 7.86. The van der Waals surface area contributed by atoms with Crippen LogP contribution in [0, 0.1) is 12.8 Å². The maximum absolute atomic E-state index is 12.9. The number of fused-ring (bicyclic) bond motifs is 2. The maximum Gasteiger partial charge on any atom is 0.321 e. The zero-order valence-corrected chi connectivity index (χ0v) is 17.0. The Hall–Kier alpha value is -3.29. The van der Waals surface area contributed by atoms with E-state index in [4.69, 9.17) is 9.47 Å². The number of aromatic nitrogens is 3. The van der Waals surface area contributed by atoms with Gasteiger partial charge in [0, 0.05) is 37.6 Å². The smallest absolute Gasteiger partial charge is 0.321 e. The Labute approximate surface area is 174 Å². The van der Waals surface area contributed by atoms with Gasteiger partial charge in [-0.2, -0.15) is 0 Å². The minimum atomic E-state index is -0.0817. The first-order valence-corrected chi connectivity index (χ1v) is 10.4. The lowest BCUT2D eigenvalue weighted by Crippen LogP contribution is -2.43. The van der Waals surface area contributed by atoms with Crippen LogP contribution in [0.25, 0.3) is 11.2 Å². The molecule has 0 radical (unpaired) electrons. The van der Waals surface area contributed by atoms with Crippen LogP contribution >= 0.6 is 0 Å². The molecule has 8 heteroatoms. The van der Waals surface area contributed by atoms with E-state index < -0.39 is 0 Å². The molecule has 2 amide bonds. The summed E-state index contributed by atoms with van der Waals surface area (Å²) in [4.78, 5) is 23.9. The van der Waals surface area contributed by atoms with Gasteiger partial charge < -0.3 is 24.3 Å². The second-order valence-electron chi connectivity index (χ2n) is 7.86. The third kappa shape index (κ3) is 3.65.